The Kier molecular flexibility index (Phi) is 2.86. The van der Waals surface area contributed by atoms with Crippen LogP contribution in [0.1, 0.15) is 6.92 Å². The van der Waals surface area contributed by atoms with Crippen molar-refractivity contribution in [3.8, 4) is 5.75 Å². The minimum atomic E-state index is -0.664. The van der Waals surface area contributed by atoms with Crippen molar-refractivity contribution in [3.63, 3.8) is 0 Å². The molecule has 0 radical (unpaired) electrons. The van der Waals surface area contributed by atoms with E-state index in [-0.39, 0.29) is 23.3 Å². The highest BCUT2D eigenvalue weighted by molar-refractivity contribution is 5.76. The molecule has 0 N–H and O–H groups in total. The van der Waals surface area contributed by atoms with Gasteiger partial charge in [-0.05, 0) is 19.1 Å². The van der Waals surface area contributed by atoms with Crippen LogP contribution in [0.3, 0.4) is 0 Å². The maximum absolute atomic E-state index is 13.0. The van der Waals surface area contributed by atoms with E-state index >= 15 is 0 Å². The minimum Gasteiger partial charge on any atom is -0.423 e. The van der Waals surface area contributed by atoms with Crippen molar-refractivity contribution >= 4 is 17.5 Å². The Hall–Kier alpha value is -2.24. The molecule has 2 aromatic rings. The summed E-state index contributed by atoms with van der Waals surface area (Å²) in [6.45, 7) is 2.46. The first-order chi connectivity index (χ1) is 8.17. The van der Waals surface area contributed by atoms with Gasteiger partial charge in [-0.15, -0.1) is 0 Å². The Bertz CT molecular complexity index is 636. The predicted octanol–water partition coefficient (Wildman–Crippen LogP) is 1.09. The second-order valence-electron chi connectivity index (χ2n) is 3.33. The summed E-state index contributed by atoms with van der Waals surface area (Å²) in [4.78, 5) is 25.8. The van der Waals surface area contributed by atoms with E-state index < -0.39 is 11.4 Å². The Morgan fingerprint density at radius 1 is 1.53 bits per heavy atom. The lowest BCUT2D eigenvalue weighted by Gasteiger charge is -2.08. The molecule has 0 aromatic carbocycles. The van der Waals surface area contributed by atoms with Gasteiger partial charge < -0.3 is 9.30 Å². The number of pyridine rings is 2. The molecule has 2 aromatic heterocycles. The number of rotatable bonds is 3. The van der Waals surface area contributed by atoms with Crippen molar-refractivity contribution in [2.45, 2.75) is 13.5 Å². The molecule has 0 saturated carbocycles. The summed E-state index contributed by atoms with van der Waals surface area (Å²) in [5, 5.41) is 0.215. The summed E-state index contributed by atoms with van der Waals surface area (Å²) >= 11 is 0. The minimum absolute atomic E-state index is 0.0947. The van der Waals surface area contributed by atoms with Crippen molar-refractivity contribution in [3.05, 3.63) is 34.5 Å². The molecule has 0 spiro atoms. The van der Waals surface area contributed by atoms with Crippen molar-refractivity contribution in [2.75, 3.05) is 0 Å². The molecule has 0 amide bonds. The zero-order valence-corrected chi connectivity index (χ0v) is 9.01. The van der Waals surface area contributed by atoms with E-state index in [0.717, 1.165) is 6.07 Å². The number of carbonyl (C=O) groups excluding carboxylic acids is 1. The van der Waals surface area contributed by atoms with Gasteiger partial charge in [-0.3, -0.25) is 9.59 Å². The molecule has 0 atom stereocenters. The zero-order chi connectivity index (χ0) is 12.4. The van der Waals surface area contributed by atoms with Crippen molar-refractivity contribution in [2.24, 2.45) is 0 Å². The molecule has 2 heterocycles. The fourth-order valence-corrected chi connectivity index (χ4v) is 1.59. The van der Waals surface area contributed by atoms with Crippen LogP contribution in [0.2, 0.25) is 0 Å². The van der Waals surface area contributed by atoms with Gasteiger partial charge in [-0.25, -0.2) is 4.98 Å². The van der Waals surface area contributed by atoms with Crippen LogP contribution in [0, 0.1) is 5.95 Å². The number of fused-ring (bicyclic) bond motifs is 1. The van der Waals surface area contributed by atoms with E-state index in [9.17, 15) is 14.0 Å². The van der Waals surface area contributed by atoms with Gasteiger partial charge in [0.15, 0.2) is 5.75 Å². The van der Waals surface area contributed by atoms with Crippen LogP contribution in [0.4, 0.5) is 4.39 Å². The quantitative estimate of drug-likeness (QED) is 0.591. The number of nitrogens with zero attached hydrogens (tertiary/aromatic N) is 2. The summed E-state index contributed by atoms with van der Waals surface area (Å²) in [6, 6.07) is 2.41. The fourth-order valence-electron chi connectivity index (χ4n) is 1.59. The highest BCUT2D eigenvalue weighted by atomic mass is 19.1. The molecule has 6 heteroatoms. The standard InChI is InChI=1S/C11H9FN2O3/c1-2-14-5-8(17-6-15)10(16)7-3-4-9(12)13-11(7)14/h3-6H,2H2,1H3. The number of halogens is 1. The third-order valence-corrected chi connectivity index (χ3v) is 2.37. The Balaban J connectivity index is 2.84. The largest absolute Gasteiger partial charge is 0.423 e. The number of aryl methyl sites for hydroxylation is 1. The fraction of sp³-hybridized carbons (Fsp3) is 0.182. The lowest BCUT2D eigenvalue weighted by atomic mass is 10.2. The van der Waals surface area contributed by atoms with Crippen LogP contribution in [-0.2, 0) is 11.3 Å². The van der Waals surface area contributed by atoms with E-state index in [1.165, 1.54) is 12.3 Å². The van der Waals surface area contributed by atoms with Crippen LogP contribution >= 0.6 is 0 Å². The van der Waals surface area contributed by atoms with Crippen LogP contribution in [0.15, 0.2) is 23.1 Å². The smallest absolute Gasteiger partial charge is 0.298 e. The first-order valence-electron chi connectivity index (χ1n) is 4.97. The molecule has 0 bridgehead atoms. The first-order valence-corrected chi connectivity index (χ1v) is 4.97. The van der Waals surface area contributed by atoms with Gasteiger partial charge >= 0.3 is 0 Å². The average Bonchev–Trinajstić information content (AvgIpc) is 2.33. The van der Waals surface area contributed by atoms with Crippen molar-refractivity contribution in [1.29, 1.82) is 0 Å². The Morgan fingerprint density at radius 3 is 2.94 bits per heavy atom. The molecular formula is C11H9FN2O3. The third-order valence-electron chi connectivity index (χ3n) is 2.37. The molecule has 0 aliphatic carbocycles. The molecule has 0 saturated heterocycles. The molecule has 0 unspecified atom stereocenters. The molecule has 88 valence electrons. The molecule has 0 aliphatic rings. The molecular weight excluding hydrogens is 227 g/mol. The summed E-state index contributed by atoms with van der Waals surface area (Å²) < 4.78 is 19.1. The van der Waals surface area contributed by atoms with E-state index in [1.54, 1.807) is 11.5 Å². The van der Waals surface area contributed by atoms with Gasteiger partial charge in [-0.1, -0.05) is 0 Å². The van der Waals surface area contributed by atoms with E-state index in [0.29, 0.717) is 6.54 Å². The zero-order valence-electron chi connectivity index (χ0n) is 9.01. The molecule has 0 aliphatic heterocycles. The maximum Gasteiger partial charge on any atom is 0.298 e. The molecule has 0 fully saturated rings. The summed E-state index contributed by atoms with van der Waals surface area (Å²) in [5.74, 6) is -0.758. The van der Waals surface area contributed by atoms with E-state index in [4.69, 9.17) is 0 Å². The van der Waals surface area contributed by atoms with Crippen LogP contribution < -0.4 is 10.2 Å². The van der Waals surface area contributed by atoms with E-state index in [2.05, 4.69) is 9.72 Å². The van der Waals surface area contributed by atoms with Gasteiger partial charge in [0.05, 0.1) is 11.6 Å². The average molecular weight is 236 g/mol. The second-order valence-corrected chi connectivity index (χ2v) is 3.33. The first kappa shape index (κ1) is 11.3. The van der Waals surface area contributed by atoms with Crippen LogP contribution in [0.25, 0.3) is 11.0 Å². The van der Waals surface area contributed by atoms with Crippen molar-refractivity contribution < 1.29 is 13.9 Å². The van der Waals surface area contributed by atoms with Gasteiger partial charge in [-0.2, -0.15) is 4.39 Å². The number of carbonyl (C=O) groups is 1. The monoisotopic (exact) mass is 236 g/mol. The van der Waals surface area contributed by atoms with Gasteiger partial charge in [0.2, 0.25) is 11.4 Å². The lowest BCUT2D eigenvalue weighted by Crippen LogP contribution is -2.13. The Morgan fingerprint density at radius 2 is 2.29 bits per heavy atom. The summed E-state index contributed by atoms with van der Waals surface area (Å²) in [7, 11) is 0. The normalized spacial score (nSPS) is 10.5. The topological polar surface area (TPSA) is 61.2 Å². The summed E-state index contributed by atoms with van der Waals surface area (Å²) in [5.41, 5.74) is -0.250. The maximum atomic E-state index is 13.0. The van der Waals surface area contributed by atoms with Crippen molar-refractivity contribution in [1.82, 2.24) is 9.55 Å². The molecule has 5 nitrogen and oxygen atoms in total. The van der Waals surface area contributed by atoms with Crippen LogP contribution in [0.5, 0.6) is 5.75 Å². The SMILES string of the molecule is CCn1cc(OC=O)c(=O)c2ccc(F)nc21. The van der Waals surface area contributed by atoms with Crippen LogP contribution in [-0.4, -0.2) is 16.0 Å². The second kappa shape index (κ2) is 4.32. The van der Waals surface area contributed by atoms with Gasteiger partial charge in [0.25, 0.3) is 6.47 Å². The highest BCUT2D eigenvalue weighted by Gasteiger charge is 2.11. The Labute approximate surface area is 95.5 Å². The number of hydrogen-bond donors (Lipinski definition) is 0. The molecule has 2 rings (SSSR count). The van der Waals surface area contributed by atoms with E-state index in [1.807, 2.05) is 0 Å². The number of ether oxygens (including phenoxy) is 1. The predicted molar refractivity (Wildman–Crippen MR) is 58.3 cm³/mol. The number of hydrogen-bond acceptors (Lipinski definition) is 4. The summed E-state index contributed by atoms with van der Waals surface area (Å²) in [6.07, 6.45) is 1.34. The highest BCUT2D eigenvalue weighted by Crippen LogP contribution is 2.13. The van der Waals surface area contributed by atoms with Gasteiger partial charge in [0.1, 0.15) is 5.65 Å². The third kappa shape index (κ3) is 1.89. The molecule has 17 heavy (non-hydrogen) atoms. The lowest BCUT2D eigenvalue weighted by molar-refractivity contribution is -0.120. The van der Waals surface area contributed by atoms with Gasteiger partial charge in [0, 0.05) is 6.54 Å². The number of aromatic nitrogens is 2.